The maximum Gasteiger partial charge on any atom is 0.338 e. The number of benzene rings is 2. The van der Waals surface area contributed by atoms with Gasteiger partial charge in [0, 0.05) is 12.5 Å². The minimum absolute atomic E-state index is 0.0681. The number of halogens is 5. The lowest BCUT2D eigenvalue weighted by atomic mass is 10.1. The van der Waals surface area contributed by atoms with Gasteiger partial charge in [-0.25, -0.2) is 21.6 Å². The van der Waals surface area contributed by atoms with Crippen molar-refractivity contribution in [1.82, 2.24) is 0 Å². The summed E-state index contributed by atoms with van der Waals surface area (Å²) in [6.45, 7) is 1.36. The van der Waals surface area contributed by atoms with Gasteiger partial charge >= 0.3 is 16.2 Å². The molecule has 0 aliphatic rings. The van der Waals surface area contributed by atoms with Crippen molar-refractivity contribution >= 4 is 35.9 Å². The summed E-state index contributed by atoms with van der Waals surface area (Å²) in [4.78, 5) is 7.54. The summed E-state index contributed by atoms with van der Waals surface area (Å²) in [5.41, 5.74) is -0.0383. The number of ether oxygens (including phenoxy) is 2. The molecule has 0 fully saturated rings. The van der Waals surface area contributed by atoms with Gasteiger partial charge in [0.15, 0.2) is 19.7 Å². The van der Waals surface area contributed by atoms with Crippen LogP contribution in [0.1, 0.15) is 15.9 Å². The first-order chi connectivity index (χ1) is 14.0. The van der Waals surface area contributed by atoms with Gasteiger partial charge in [0.25, 0.3) is 0 Å². The van der Waals surface area contributed by atoms with Crippen molar-refractivity contribution in [3.05, 3.63) is 41.5 Å². The van der Waals surface area contributed by atoms with E-state index in [9.17, 15) is 41.1 Å². The Bertz CT molecular complexity index is 1330. The maximum atomic E-state index is 13.1. The molecule has 0 bridgehead atoms. The second-order valence-corrected chi connectivity index (χ2v) is 13.2. The predicted molar refractivity (Wildman–Crippen MR) is 107 cm³/mol. The normalized spacial score (nSPS) is 14.9. The number of hydrogen-bond acceptors (Lipinski definition) is 7. The van der Waals surface area contributed by atoms with Crippen LogP contribution in [0.15, 0.2) is 45.0 Å². The maximum absolute atomic E-state index is 13.1. The summed E-state index contributed by atoms with van der Waals surface area (Å²) >= 11 is 0. The van der Waals surface area contributed by atoms with Gasteiger partial charge in [-0.1, -0.05) is 19.4 Å². The molecule has 0 unspecified atom stereocenters. The molecule has 2 aromatic carbocycles. The molecule has 0 saturated carbocycles. The van der Waals surface area contributed by atoms with Crippen molar-refractivity contribution < 1.29 is 50.5 Å². The van der Waals surface area contributed by atoms with E-state index in [-0.39, 0.29) is 23.3 Å². The van der Waals surface area contributed by atoms with Crippen molar-refractivity contribution in [1.29, 1.82) is 0 Å². The Hall–Kier alpha value is -2.39. The highest BCUT2D eigenvalue weighted by atomic mass is 32.5. The Labute approximate surface area is 180 Å². The largest absolute Gasteiger partial charge is 0.465 e. The van der Waals surface area contributed by atoms with Gasteiger partial charge in [-0.2, -0.15) is 0 Å². The third-order valence-electron chi connectivity index (χ3n) is 4.08. The molecular formula is C17H17F5O7S3. The number of carbonyl (C=O) groups excluding carboxylic acids is 1. The Morgan fingerprint density at radius 3 is 1.78 bits per heavy atom. The van der Waals surface area contributed by atoms with E-state index in [0.29, 0.717) is 12.3 Å². The number of carbonyl (C=O) groups is 1. The van der Waals surface area contributed by atoms with Gasteiger partial charge < -0.3 is 9.47 Å². The fourth-order valence-corrected chi connectivity index (χ4v) is 4.94. The Morgan fingerprint density at radius 2 is 1.34 bits per heavy atom. The van der Waals surface area contributed by atoms with Crippen LogP contribution in [0.5, 0.6) is 11.5 Å². The van der Waals surface area contributed by atoms with Gasteiger partial charge in [0.2, 0.25) is 0 Å². The second-order valence-electron chi connectivity index (χ2n) is 6.83. The lowest BCUT2D eigenvalue weighted by Gasteiger charge is -2.40. The van der Waals surface area contributed by atoms with Crippen molar-refractivity contribution in [2.75, 3.05) is 19.6 Å². The first-order valence-electron chi connectivity index (χ1n) is 8.23. The minimum Gasteiger partial charge on any atom is -0.465 e. The van der Waals surface area contributed by atoms with E-state index in [4.69, 9.17) is 4.74 Å². The lowest BCUT2D eigenvalue weighted by Crippen LogP contribution is -2.10. The average molecular weight is 525 g/mol. The molecule has 15 heteroatoms. The fourth-order valence-electron chi connectivity index (χ4n) is 2.58. The van der Waals surface area contributed by atoms with E-state index < -0.39 is 62.1 Å². The molecule has 0 atom stereocenters. The van der Waals surface area contributed by atoms with Crippen molar-refractivity contribution in [2.24, 2.45) is 0 Å². The molecule has 0 radical (unpaired) electrons. The molecule has 0 heterocycles. The number of aryl methyl sites for hydroxylation is 1. The second kappa shape index (κ2) is 7.05. The monoisotopic (exact) mass is 524 g/mol. The summed E-state index contributed by atoms with van der Waals surface area (Å²) in [6.07, 6.45) is 1.20. The number of rotatable bonds is 6. The third-order valence-corrected chi connectivity index (χ3v) is 7.46. The Morgan fingerprint density at radius 1 is 0.844 bits per heavy atom. The van der Waals surface area contributed by atoms with Crippen LogP contribution in [-0.4, -0.2) is 42.4 Å². The SMILES string of the molecule is COC(=O)c1cc(S(C)(=O)=O)c(Oc2ccc(S(F)(F)(F)(F)F)cc2S(C)(=O)=O)cc1C. The highest BCUT2D eigenvalue weighted by Gasteiger charge is 2.65. The molecule has 0 spiro atoms. The van der Waals surface area contributed by atoms with Crippen LogP contribution in [-0.2, 0) is 24.4 Å². The lowest BCUT2D eigenvalue weighted by molar-refractivity contribution is 0.0599. The number of hydrogen-bond donors (Lipinski definition) is 0. The van der Waals surface area contributed by atoms with Crippen molar-refractivity contribution in [2.45, 2.75) is 21.6 Å². The van der Waals surface area contributed by atoms with E-state index in [0.717, 1.165) is 25.5 Å². The summed E-state index contributed by atoms with van der Waals surface area (Å²) < 4.78 is 124. The zero-order valence-electron chi connectivity index (χ0n) is 16.9. The first kappa shape index (κ1) is 25.9. The van der Waals surface area contributed by atoms with Crippen LogP contribution in [0, 0.1) is 6.92 Å². The quantitative estimate of drug-likeness (QED) is 0.385. The Kier molecular flexibility index (Phi) is 5.70. The summed E-state index contributed by atoms with van der Waals surface area (Å²) in [5, 5.41) is 0. The molecule has 2 rings (SSSR count). The highest BCUT2D eigenvalue weighted by molar-refractivity contribution is 8.45. The van der Waals surface area contributed by atoms with Gasteiger partial charge in [-0.3, -0.25) is 0 Å². The molecule has 0 aliphatic carbocycles. The first-order valence-corrected chi connectivity index (χ1v) is 14.0. The molecule has 0 N–H and O–H groups in total. The molecule has 0 amide bonds. The smallest absolute Gasteiger partial charge is 0.338 e. The van der Waals surface area contributed by atoms with Crippen molar-refractivity contribution in [3.63, 3.8) is 0 Å². The summed E-state index contributed by atoms with van der Waals surface area (Å²) in [7, 11) is -17.8. The topological polar surface area (TPSA) is 104 Å². The molecule has 7 nitrogen and oxygen atoms in total. The average Bonchev–Trinajstić information content (AvgIpc) is 2.57. The standard InChI is InChI=1S/C17H17F5O7S3/c1-10-7-14(16(31(4,26)27)9-12(10)17(23)28-2)29-13-6-5-11(32(18,19,20,21)22)8-15(13)30(3,24)25/h5-9H,1-4H3. The molecule has 180 valence electrons. The van der Waals surface area contributed by atoms with Crippen LogP contribution in [0.4, 0.5) is 19.4 Å². The number of methoxy groups -OCH3 is 1. The summed E-state index contributed by atoms with van der Waals surface area (Å²) in [5.74, 6) is -2.26. The fraction of sp³-hybridized carbons (Fsp3) is 0.235. The highest BCUT2D eigenvalue weighted by Crippen LogP contribution is 3.02. The van der Waals surface area contributed by atoms with Gasteiger partial charge in [0.1, 0.15) is 26.2 Å². The Balaban J connectivity index is 2.80. The number of esters is 1. The van der Waals surface area contributed by atoms with Crippen LogP contribution in [0.3, 0.4) is 0 Å². The van der Waals surface area contributed by atoms with E-state index in [1.165, 1.54) is 6.92 Å². The molecule has 0 aromatic heterocycles. The van der Waals surface area contributed by atoms with E-state index in [2.05, 4.69) is 4.74 Å². The molecular weight excluding hydrogens is 507 g/mol. The van der Waals surface area contributed by atoms with Crippen LogP contribution >= 0.6 is 10.2 Å². The number of sulfone groups is 2. The molecule has 32 heavy (non-hydrogen) atoms. The van der Waals surface area contributed by atoms with Gasteiger partial charge in [-0.15, -0.1) is 0 Å². The molecule has 0 saturated heterocycles. The van der Waals surface area contributed by atoms with Gasteiger partial charge in [-0.05, 0) is 42.8 Å². The van der Waals surface area contributed by atoms with Crippen LogP contribution in [0.25, 0.3) is 0 Å². The van der Waals surface area contributed by atoms with E-state index in [1.807, 2.05) is 0 Å². The zero-order chi connectivity index (χ0) is 25.0. The minimum atomic E-state index is -10.2. The predicted octanol–water partition coefficient (Wildman–Crippen LogP) is 5.04. The zero-order valence-corrected chi connectivity index (χ0v) is 19.3. The van der Waals surface area contributed by atoms with E-state index >= 15 is 0 Å². The van der Waals surface area contributed by atoms with Gasteiger partial charge in [0.05, 0.1) is 12.7 Å². The molecule has 0 aliphatic heterocycles. The molecule has 2 aromatic rings. The van der Waals surface area contributed by atoms with Crippen LogP contribution < -0.4 is 4.74 Å². The van der Waals surface area contributed by atoms with Crippen LogP contribution in [0.2, 0.25) is 0 Å². The summed E-state index contributed by atoms with van der Waals surface area (Å²) in [6, 6.07) is 1.91. The van der Waals surface area contributed by atoms with Crippen molar-refractivity contribution in [3.8, 4) is 11.5 Å². The van der Waals surface area contributed by atoms with E-state index in [1.54, 1.807) is 0 Å². The third kappa shape index (κ3) is 5.69.